The van der Waals surface area contributed by atoms with Crippen LogP contribution in [-0.4, -0.2) is 63.1 Å². The van der Waals surface area contributed by atoms with Crippen LogP contribution in [0.3, 0.4) is 0 Å². The highest BCUT2D eigenvalue weighted by Gasteiger charge is 2.20. The lowest BCUT2D eigenvalue weighted by Gasteiger charge is -2.33. The zero-order chi connectivity index (χ0) is 18.1. The van der Waals surface area contributed by atoms with Crippen molar-refractivity contribution in [2.45, 2.75) is 38.6 Å². The van der Waals surface area contributed by atoms with E-state index in [9.17, 15) is 4.79 Å². The van der Waals surface area contributed by atoms with Gasteiger partial charge in [0.25, 0.3) is 0 Å². The first-order valence-corrected chi connectivity index (χ1v) is 10.0. The van der Waals surface area contributed by atoms with Gasteiger partial charge in [-0.2, -0.15) is 0 Å². The van der Waals surface area contributed by atoms with Crippen LogP contribution in [-0.2, 0) is 4.79 Å². The molecule has 0 bridgehead atoms. The van der Waals surface area contributed by atoms with E-state index in [1.165, 1.54) is 5.00 Å². The van der Waals surface area contributed by atoms with E-state index in [4.69, 9.17) is 0 Å². The molecule has 2 N–H and O–H groups in total. The predicted octanol–water partition coefficient (Wildman–Crippen LogP) is 2.14. The summed E-state index contributed by atoms with van der Waals surface area (Å²) in [6.45, 7) is 5.34. The van der Waals surface area contributed by atoms with E-state index < -0.39 is 0 Å². The van der Waals surface area contributed by atoms with Crippen molar-refractivity contribution in [1.29, 1.82) is 0 Å². The second kappa shape index (κ2) is 10.3. The van der Waals surface area contributed by atoms with Crippen molar-refractivity contribution in [1.82, 2.24) is 15.5 Å². The van der Waals surface area contributed by atoms with Gasteiger partial charge in [0.2, 0.25) is 5.91 Å². The minimum Gasteiger partial charge on any atom is -0.363 e. The number of guanidine groups is 1. The summed E-state index contributed by atoms with van der Waals surface area (Å²) in [5.41, 5.74) is 0. The fraction of sp³-hybridized carbons (Fsp3) is 0.667. The van der Waals surface area contributed by atoms with Crippen molar-refractivity contribution in [3.63, 3.8) is 0 Å². The molecule has 7 heteroatoms. The van der Waals surface area contributed by atoms with E-state index in [1.807, 2.05) is 0 Å². The fourth-order valence-electron chi connectivity index (χ4n) is 2.71. The third-order valence-electron chi connectivity index (χ3n) is 4.35. The fourth-order valence-corrected chi connectivity index (χ4v) is 3.50. The van der Waals surface area contributed by atoms with Crippen LogP contribution in [0.5, 0.6) is 0 Å². The number of thiophene rings is 1. The number of unbranched alkanes of at least 4 members (excludes halogenated alkanes) is 1. The van der Waals surface area contributed by atoms with Gasteiger partial charge in [-0.15, -0.1) is 11.3 Å². The largest absolute Gasteiger partial charge is 0.363 e. The van der Waals surface area contributed by atoms with Crippen LogP contribution in [0.1, 0.15) is 32.6 Å². The Balaban J connectivity index is 1.85. The van der Waals surface area contributed by atoms with Crippen molar-refractivity contribution >= 4 is 28.2 Å². The molecule has 0 saturated carbocycles. The number of aliphatic imine (C=N–C) groups is 1. The first kappa shape index (κ1) is 19.6. The molecule has 0 aliphatic carbocycles. The molecule has 1 aliphatic heterocycles. The van der Waals surface area contributed by atoms with Crippen LogP contribution < -0.4 is 15.5 Å². The van der Waals surface area contributed by atoms with Crippen LogP contribution in [0.25, 0.3) is 0 Å². The lowest BCUT2D eigenvalue weighted by Crippen LogP contribution is -2.49. The van der Waals surface area contributed by atoms with Crippen molar-refractivity contribution in [3.05, 3.63) is 17.5 Å². The summed E-state index contributed by atoms with van der Waals surface area (Å²) >= 11 is 1.80. The number of anilines is 1. The summed E-state index contributed by atoms with van der Waals surface area (Å²) in [6.07, 6.45) is 4.39. The normalized spacial score (nSPS) is 16.0. The van der Waals surface area contributed by atoms with Gasteiger partial charge in [-0.05, 0) is 36.8 Å². The molecule has 2 heterocycles. The zero-order valence-corrected chi connectivity index (χ0v) is 16.4. The summed E-state index contributed by atoms with van der Waals surface area (Å²) in [4.78, 5) is 20.3. The average Bonchev–Trinajstić information content (AvgIpc) is 3.14. The average molecular weight is 366 g/mol. The van der Waals surface area contributed by atoms with Crippen LogP contribution in [0.2, 0.25) is 0 Å². The number of carbonyl (C=O) groups excluding carboxylic acids is 1. The number of hydrogen-bond acceptors (Lipinski definition) is 4. The number of carbonyl (C=O) groups is 1. The molecule has 1 fully saturated rings. The smallest absolute Gasteiger partial charge is 0.243 e. The van der Waals surface area contributed by atoms with Crippen LogP contribution in [0.4, 0.5) is 5.00 Å². The Labute approximate surface area is 155 Å². The van der Waals surface area contributed by atoms with E-state index >= 15 is 0 Å². The topological polar surface area (TPSA) is 60.0 Å². The van der Waals surface area contributed by atoms with Crippen molar-refractivity contribution in [2.24, 2.45) is 4.99 Å². The van der Waals surface area contributed by atoms with Crippen molar-refractivity contribution in [3.8, 4) is 0 Å². The van der Waals surface area contributed by atoms with Gasteiger partial charge in [-0.1, -0.05) is 13.3 Å². The first-order valence-electron chi connectivity index (χ1n) is 9.13. The summed E-state index contributed by atoms with van der Waals surface area (Å²) in [5.74, 6) is 0.780. The minimum atomic E-state index is 0.0177. The molecule has 1 aliphatic rings. The molecule has 0 atom stereocenters. The number of nitrogens with zero attached hydrogens (tertiary/aromatic N) is 3. The number of amides is 1. The molecular weight excluding hydrogens is 334 g/mol. The Morgan fingerprint density at radius 2 is 2.16 bits per heavy atom. The Kier molecular flexibility index (Phi) is 8.04. The van der Waals surface area contributed by atoms with Gasteiger partial charge in [-0.3, -0.25) is 4.79 Å². The summed E-state index contributed by atoms with van der Waals surface area (Å²) in [5, 5.41) is 10.4. The number of nitrogens with one attached hydrogen (secondary N) is 2. The molecule has 1 aromatic heterocycles. The summed E-state index contributed by atoms with van der Waals surface area (Å²) in [7, 11) is 3.52. The van der Waals surface area contributed by atoms with E-state index in [-0.39, 0.29) is 12.5 Å². The summed E-state index contributed by atoms with van der Waals surface area (Å²) < 4.78 is 0. The second-order valence-electron chi connectivity index (χ2n) is 6.59. The molecular formula is C18H31N5OS. The summed E-state index contributed by atoms with van der Waals surface area (Å²) in [6, 6.07) is 4.69. The Hall–Kier alpha value is -1.76. The molecule has 25 heavy (non-hydrogen) atoms. The lowest BCUT2D eigenvalue weighted by atomic mass is 10.1. The number of hydrogen-bond donors (Lipinski definition) is 2. The first-order chi connectivity index (χ1) is 12.1. The number of rotatable bonds is 7. The Bertz CT molecular complexity index is 536. The third-order valence-corrected chi connectivity index (χ3v) is 5.28. The van der Waals surface area contributed by atoms with Crippen LogP contribution in [0.15, 0.2) is 22.5 Å². The highest BCUT2D eigenvalue weighted by atomic mass is 32.1. The zero-order valence-electron chi connectivity index (χ0n) is 15.6. The number of likely N-dealkylation sites (N-methyl/N-ethyl adjacent to an activating group) is 1. The third kappa shape index (κ3) is 6.57. The van der Waals surface area contributed by atoms with Gasteiger partial charge in [0.05, 0.1) is 5.00 Å². The van der Waals surface area contributed by atoms with Gasteiger partial charge >= 0.3 is 0 Å². The molecule has 0 spiro atoms. The monoisotopic (exact) mass is 365 g/mol. The molecule has 140 valence electrons. The molecule has 1 amide bonds. The van der Waals surface area contributed by atoms with Gasteiger partial charge < -0.3 is 20.4 Å². The second-order valence-corrected chi connectivity index (χ2v) is 7.52. The number of piperidine rings is 1. The van der Waals surface area contributed by atoms with E-state index in [2.05, 4.69) is 45.0 Å². The van der Waals surface area contributed by atoms with E-state index in [1.54, 1.807) is 30.3 Å². The van der Waals surface area contributed by atoms with Crippen LogP contribution >= 0.6 is 11.3 Å². The van der Waals surface area contributed by atoms with Gasteiger partial charge in [0.1, 0.15) is 6.54 Å². The molecule has 0 unspecified atom stereocenters. The quantitative estimate of drug-likeness (QED) is 0.442. The minimum absolute atomic E-state index is 0.0177. The van der Waals surface area contributed by atoms with Crippen molar-refractivity contribution in [2.75, 3.05) is 45.2 Å². The van der Waals surface area contributed by atoms with E-state index in [0.717, 1.165) is 51.3 Å². The molecule has 1 saturated heterocycles. The Morgan fingerprint density at radius 1 is 1.40 bits per heavy atom. The standard InChI is InChI=1S/C18H31N5OS/c1-4-5-10-19-18(20-14-16(24)22(2)3)21-15-8-11-23(12-9-15)17-7-6-13-25-17/h6-7,13,15H,4-5,8-12,14H2,1-3H3,(H2,19,20,21). The maximum Gasteiger partial charge on any atom is 0.243 e. The highest BCUT2D eigenvalue weighted by molar-refractivity contribution is 7.14. The van der Waals surface area contributed by atoms with Crippen LogP contribution in [0, 0.1) is 0 Å². The SMILES string of the molecule is CCCCNC(=NCC(=O)N(C)C)NC1CCN(c2cccs2)CC1. The molecule has 0 aromatic carbocycles. The van der Waals surface area contributed by atoms with E-state index in [0.29, 0.717) is 6.04 Å². The molecule has 6 nitrogen and oxygen atoms in total. The molecule has 0 radical (unpaired) electrons. The molecule has 2 rings (SSSR count). The lowest BCUT2D eigenvalue weighted by molar-refractivity contribution is -0.127. The highest BCUT2D eigenvalue weighted by Crippen LogP contribution is 2.24. The predicted molar refractivity (Wildman–Crippen MR) is 107 cm³/mol. The van der Waals surface area contributed by atoms with Gasteiger partial charge in [0.15, 0.2) is 5.96 Å². The van der Waals surface area contributed by atoms with Gasteiger partial charge in [0, 0.05) is 39.8 Å². The molecule has 1 aromatic rings. The maximum absolute atomic E-state index is 11.8. The Morgan fingerprint density at radius 3 is 2.76 bits per heavy atom. The maximum atomic E-state index is 11.8. The van der Waals surface area contributed by atoms with Gasteiger partial charge in [-0.25, -0.2) is 4.99 Å². The van der Waals surface area contributed by atoms with Crippen molar-refractivity contribution < 1.29 is 4.79 Å².